The molecule has 0 aliphatic rings. The van der Waals surface area contributed by atoms with E-state index in [1.165, 1.54) is 7.11 Å². The van der Waals surface area contributed by atoms with Crippen molar-refractivity contribution in [2.24, 2.45) is 0 Å². The highest BCUT2D eigenvalue weighted by atomic mass is 19.4. The normalized spacial score (nSPS) is 12.4. The van der Waals surface area contributed by atoms with E-state index in [2.05, 4.69) is 36.0 Å². The minimum atomic E-state index is -4.88. The van der Waals surface area contributed by atoms with Gasteiger partial charge in [-0.25, -0.2) is 14.2 Å². The van der Waals surface area contributed by atoms with Gasteiger partial charge in [-0.15, -0.1) is 0 Å². The Morgan fingerprint density at radius 3 is 2.69 bits per heavy atom. The van der Waals surface area contributed by atoms with Gasteiger partial charge in [0.2, 0.25) is 0 Å². The smallest absolute Gasteiger partial charge is 0.423 e. The number of ether oxygens (including phenoxy) is 2. The average Bonchev–Trinajstić information content (AvgIpc) is 3.62. The molecule has 0 unspecified atom stereocenters. The van der Waals surface area contributed by atoms with Gasteiger partial charge in [0.05, 0.1) is 62.9 Å². The molecule has 5 rings (SSSR count). The lowest BCUT2D eigenvalue weighted by Gasteiger charge is -2.19. The van der Waals surface area contributed by atoms with Gasteiger partial charge >= 0.3 is 6.18 Å². The number of H-pyrrole nitrogens is 1. The van der Waals surface area contributed by atoms with E-state index in [9.17, 15) is 18.0 Å². The topological polar surface area (TPSA) is 136 Å². The van der Waals surface area contributed by atoms with Crippen molar-refractivity contribution in [1.82, 2.24) is 34.6 Å². The first-order valence-electron chi connectivity index (χ1n) is 12.9. The lowest BCUT2D eigenvalue weighted by molar-refractivity contribution is -0.138. The van der Waals surface area contributed by atoms with Crippen molar-refractivity contribution in [3.63, 3.8) is 0 Å². The molecule has 0 saturated heterocycles. The highest BCUT2D eigenvalue weighted by molar-refractivity contribution is 5.50. The number of methoxy groups -OCH3 is 1. The summed E-state index contributed by atoms with van der Waals surface area (Å²) in [5.74, 6) is 1.27. The number of hydrogen-bond acceptors (Lipinski definition) is 9. The molecule has 0 aliphatic carbocycles. The largest absolute Gasteiger partial charge is 0.497 e. The second-order valence-electron chi connectivity index (χ2n) is 9.49. The highest BCUT2D eigenvalue weighted by Gasteiger charge is 2.38. The lowest BCUT2D eigenvalue weighted by atomic mass is 10.2. The highest BCUT2D eigenvalue weighted by Crippen LogP contribution is 2.32. The van der Waals surface area contributed by atoms with Crippen molar-refractivity contribution < 1.29 is 22.6 Å². The van der Waals surface area contributed by atoms with E-state index >= 15 is 0 Å². The number of rotatable bonds is 12. The molecule has 3 N–H and O–H groups in total. The number of halogens is 3. The number of hydrogen-bond donors (Lipinski definition) is 3. The molecule has 0 bridgehead atoms. The molecule has 42 heavy (non-hydrogen) atoms. The minimum Gasteiger partial charge on any atom is -0.497 e. The van der Waals surface area contributed by atoms with Gasteiger partial charge in [-0.05, 0) is 36.8 Å². The molecule has 15 heteroatoms. The zero-order valence-electron chi connectivity index (χ0n) is 22.7. The summed E-state index contributed by atoms with van der Waals surface area (Å²) in [5, 5.41) is 21.1. The Labute approximate surface area is 237 Å². The molecule has 1 atom stereocenters. The maximum absolute atomic E-state index is 13.9. The van der Waals surface area contributed by atoms with Gasteiger partial charge < -0.3 is 20.1 Å². The predicted octanol–water partition coefficient (Wildman–Crippen LogP) is 3.71. The van der Waals surface area contributed by atoms with E-state index in [-0.39, 0.29) is 19.8 Å². The van der Waals surface area contributed by atoms with Crippen molar-refractivity contribution in [3.8, 4) is 5.75 Å². The third kappa shape index (κ3) is 6.86. The van der Waals surface area contributed by atoms with Crippen molar-refractivity contribution in [2.75, 3.05) is 24.4 Å². The first kappa shape index (κ1) is 28.6. The molecule has 0 amide bonds. The molecular formula is C27H28F3N9O3. The van der Waals surface area contributed by atoms with Crippen LogP contribution in [0.1, 0.15) is 29.4 Å². The number of aromatic nitrogens is 7. The fraction of sp³-hybridized carbons (Fsp3) is 0.296. The molecule has 12 nitrogen and oxygen atoms in total. The maximum Gasteiger partial charge on any atom is 0.423 e. The number of aromatic amines is 1. The molecule has 220 valence electrons. The van der Waals surface area contributed by atoms with Crippen LogP contribution in [-0.2, 0) is 30.6 Å². The van der Waals surface area contributed by atoms with Crippen LogP contribution in [0.2, 0.25) is 0 Å². The zero-order chi connectivity index (χ0) is 29.7. The van der Waals surface area contributed by atoms with Gasteiger partial charge in [-0.3, -0.25) is 9.89 Å². The van der Waals surface area contributed by atoms with Crippen LogP contribution in [0.25, 0.3) is 5.65 Å². The fourth-order valence-corrected chi connectivity index (χ4v) is 4.21. The molecule has 0 aliphatic heterocycles. The molecule has 0 spiro atoms. The molecule has 0 fully saturated rings. The van der Waals surface area contributed by atoms with E-state index in [4.69, 9.17) is 9.47 Å². The minimum absolute atomic E-state index is 0.0575. The summed E-state index contributed by atoms with van der Waals surface area (Å²) < 4.78 is 55.0. The van der Waals surface area contributed by atoms with Crippen LogP contribution in [0.3, 0.4) is 0 Å². The predicted molar refractivity (Wildman–Crippen MR) is 147 cm³/mol. The van der Waals surface area contributed by atoms with E-state index in [0.717, 1.165) is 16.6 Å². The second kappa shape index (κ2) is 12.3. The maximum atomic E-state index is 13.9. The van der Waals surface area contributed by atoms with Crippen LogP contribution < -0.4 is 20.9 Å². The molecule has 5 aromatic rings. The Bertz CT molecular complexity index is 1700. The molecule has 1 aromatic carbocycles. The van der Waals surface area contributed by atoms with Crippen LogP contribution in [0, 0.1) is 0 Å². The summed E-state index contributed by atoms with van der Waals surface area (Å²) >= 11 is 0. The summed E-state index contributed by atoms with van der Waals surface area (Å²) in [6.45, 7) is 2.16. The number of nitrogens with zero attached hydrogens (tertiary/aromatic N) is 6. The summed E-state index contributed by atoms with van der Waals surface area (Å²) in [6.07, 6.45) is -0.411. The zero-order valence-corrected chi connectivity index (χ0v) is 22.7. The van der Waals surface area contributed by atoms with Crippen LogP contribution in [0.5, 0.6) is 5.75 Å². The van der Waals surface area contributed by atoms with Crippen LogP contribution in [0.15, 0.2) is 65.8 Å². The van der Waals surface area contributed by atoms with Crippen LogP contribution >= 0.6 is 0 Å². The Morgan fingerprint density at radius 1 is 1.12 bits per heavy atom. The average molecular weight is 584 g/mol. The number of benzene rings is 1. The summed E-state index contributed by atoms with van der Waals surface area (Å²) in [7, 11) is 1.50. The summed E-state index contributed by atoms with van der Waals surface area (Å²) in [6, 6.07) is 11.5. The standard InChI is InChI=1S/C27H28F3N9O3/c1-17(15-42-16-20-11-19(36-37-20)12-31-23-8-10-38-24(35-23)7-9-32-38)34-22-13-33-39(26(40)25(22)27(28,29)30)14-18-3-5-21(41-2)6-4-18/h3-11,13,17,34H,12,14-16H2,1-2H3,(H,31,35)(H,36,37)/t17-/m0/s1. The van der Waals surface area contributed by atoms with Gasteiger partial charge in [0.25, 0.3) is 5.56 Å². The Balaban J connectivity index is 1.15. The molecular weight excluding hydrogens is 555 g/mol. The number of nitrogens with one attached hydrogen (secondary N) is 3. The van der Waals surface area contributed by atoms with E-state index in [1.54, 1.807) is 60.2 Å². The summed E-state index contributed by atoms with van der Waals surface area (Å²) in [5.41, 5.74) is -0.229. The van der Waals surface area contributed by atoms with E-state index < -0.39 is 29.0 Å². The first-order valence-corrected chi connectivity index (χ1v) is 12.9. The Kier molecular flexibility index (Phi) is 8.38. The molecule has 4 heterocycles. The molecule has 4 aromatic heterocycles. The number of anilines is 2. The van der Waals surface area contributed by atoms with Crippen LogP contribution in [-0.4, -0.2) is 54.3 Å². The third-order valence-corrected chi connectivity index (χ3v) is 6.24. The lowest BCUT2D eigenvalue weighted by Crippen LogP contribution is -2.34. The van der Waals surface area contributed by atoms with Crippen LogP contribution in [0.4, 0.5) is 24.7 Å². The van der Waals surface area contributed by atoms with E-state index in [0.29, 0.717) is 35.0 Å². The van der Waals surface area contributed by atoms with Crippen molar-refractivity contribution in [1.29, 1.82) is 0 Å². The van der Waals surface area contributed by atoms with Crippen molar-refractivity contribution in [2.45, 2.75) is 38.8 Å². The van der Waals surface area contributed by atoms with E-state index in [1.807, 2.05) is 6.07 Å². The van der Waals surface area contributed by atoms with Gasteiger partial charge in [0.1, 0.15) is 17.1 Å². The van der Waals surface area contributed by atoms with Gasteiger partial charge in [-0.2, -0.15) is 28.5 Å². The fourth-order valence-electron chi connectivity index (χ4n) is 4.21. The van der Waals surface area contributed by atoms with Gasteiger partial charge in [0, 0.05) is 18.3 Å². The Morgan fingerprint density at radius 2 is 1.93 bits per heavy atom. The number of alkyl halides is 3. The van der Waals surface area contributed by atoms with Gasteiger partial charge in [0.15, 0.2) is 5.65 Å². The van der Waals surface area contributed by atoms with Gasteiger partial charge in [-0.1, -0.05) is 12.1 Å². The third-order valence-electron chi connectivity index (χ3n) is 6.24. The SMILES string of the molecule is COc1ccc(Cn2ncc(N[C@@H](C)COCc3cc(CNc4ccn5nccc5n4)[nH]n3)c(C(F)(F)F)c2=O)cc1. The monoisotopic (exact) mass is 583 g/mol. The molecule has 0 saturated carbocycles. The summed E-state index contributed by atoms with van der Waals surface area (Å²) in [4.78, 5) is 17.2. The number of fused-ring (bicyclic) bond motifs is 1. The Hall–Kier alpha value is -4.92. The second-order valence-corrected chi connectivity index (χ2v) is 9.49. The van der Waals surface area contributed by atoms with Crippen molar-refractivity contribution in [3.05, 3.63) is 93.9 Å². The first-order chi connectivity index (χ1) is 20.2. The quantitative estimate of drug-likeness (QED) is 0.201. The molecule has 0 radical (unpaired) electrons. The van der Waals surface area contributed by atoms with Crippen molar-refractivity contribution >= 4 is 17.2 Å².